The van der Waals surface area contributed by atoms with Crippen molar-refractivity contribution in [1.82, 2.24) is 4.57 Å². The zero-order valence-electron chi connectivity index (χ0n) is 11.9. The first-order valence-electron chi connectivity index (χ1n) is 6.84. The summed E-state index contributed by atoms with van der Waals surface area (Å²) >= 11 is 6.06. The minimum atomic E-state index is -1.03. The zero-order chi connectivity index (χ0) is 16.6. The molecule has 0 spiro atoms. The molecule has 3 rings (SSSR count). The highest BCUT2D eigenvalue weighted by molar-refractivity contribution is 6.44. The minimum absolute atomic E-state index is 0.137. The number of aromatic nitrogens is 1. The second-order valence-electron chi connectivity index (χ2n) is 5.08. The van der Waals surface area contributed by atoms with Gasteiger partial charge in [0.05, 0.1) is 12.1 Å². The van der Waals surface area contributed by atoms with Gasteiger partial charge in [-0.15, -0.1) is 0 Å². The van der Waals surface area contributed by atoms with Gasteiger partial charge in [-0.2, -0.15) is 0 Å². The van der Waals surface area contributed by atoms with E-state index in [2.05, 4.69) is 0 Å². The summed E-state index contributed by atoms with van der Waals surface area (Å²) in [5, 5.41) is 0.884. The molecule has 2 N–H and O–H groups in total. The van der Waals surface area contributed by atoms with Gasteiger partial charge in [0.25, 0.3) is 11.7 Å². The molecule has 23 heavy (non-hydrogen) atoms. The average Bonchev–Trinajstić information content (AvgIpc) is 2.89. The average molecular weight is 331 g/mol. The molecular weight excluding hydrogens is 319 g/mol. The van der Waals surface area contributed by atoms with Gasteiger partial charge in [0.2, 0.25) is 0 Å². The van der Waals surface area contributed by atoms with Crippen LogP contribution in [-0.4, -0.2) is 16.3 Å². The molecule has 116 valence electrons. The molecule has 1 amide bonds. The van der Waals surface area contributed by atoms with Crippen LogP contribution in [-0.2, 0) is 11.3 Å². The number of ketones is 1. The molecule has 0 aliphatic heterocycles. The number of benzene rings is 2. The Morgan fingerprint density at radius 1 is 1.13 bits per heavy atom. The van der Waals surface area contributed by atoms with E-state index in [0.29, 0.717) is 21.5 Å². The number of Topliss-reactive ketones (excluding diaryl/α,β-unsaturated/α-hetero) is 1. The van der Waals surface area contributed by atoms with E-state index in [4.69, 9.17) is 17.3 Å². The number of amides is 1. The maximum absolute atomic E-state index is 14.0. The smallest absolute Gasteiger partial charge is 0.289 e. The van der Waals surface area contributed by atoms with Crippen LogP contribution in [0.2, 0.25) is 5.02 Å². The Bertz CT molecular complexity index is 913. The van der Waals surface area contributed by atoms with Crippen LogP contribution in [0.3, 0.4) is 0 Å². The number of halogens is 2. The van der Waals surface area contributed by atoms with E-state index in [1.807, 2.05) is 0 Å². The standard InChI is InChI=1S/C17H12ClFN2O2/c18-13-5-3-6-14(19)12(13)9-21-8-11(16(22)17(20)23)10-4-1-2-7-15(10)21/h1-8H,9H2,(H2,20,23). The van der Waals surface area contributed by atoms with Crippen molar-refractivity contribution in [3.63, 3.8) is 0 Å². The lowest BCUT2D eigenvalue weighted by atomic mass is 10.1. The Kier molecular flexibility index (Phi) is 3.88. The normalized spacial score (nSPS) is 10.9. The molecule has 0 aliphatic rings. The Morgan fingerprint density at radius 3 is 2.57 bits per heavy atom. The van der Waals surface area contributed by atoms with Gasteiger partial charge in [-0.3, -0.25) is 9.59 Å². The summed E-state index contributed by atoms with van der Waals surface area (Å²) in [5.74, 6) is -2.24. The second kappa shape index (κ2) is 5.85. The van der Waals surface area contributed by atoms with E-state index in [-0.39, 0.29) is 12.1 Å². The summed E-state index contributed by atoms with van der Waals surface area (Å²) in [6, 6.07) is 11.5. The maximum atomic E-state index is 14.0. The molecule has 0 radical (unpaired) electrons. The molecule has 0 atom stereocenters. The SMILES string of the molecule is NC(=O)C(=O)c1cn(Cc2c(F)cccc2Cl)c2ccccc12. The first-order chi connectivity index (χ1) is 11.0. The van der Waals surface area contributed by atoms with Crippen LogP contribution < -0.4 is 5.73 Å². The Labute approximate surface area is 136 Å². The number of para-hydroxylation sites is 1. The lowest BCUT2D eigenvalue weighted by Crippen LogP contribution is -2.22. The summed E-state index contributed by atoms with van der Waals surface area (Å²) in [5.41, 5.74) is 6.29. The van der Waals surface area contributed by atoms with Crippen LogP contribution in [0.1, 0.15) is 15.9 Å². The number of nitrogens with zero attached hydrogens (tertiary/aromatic N) is 1. The lowest BCUT2D eigenvalue weighted by Gasteiger charge is -2.08. The van der Waals surface area contributed by atoms with Gasteiger partial charge >= 0.3 is 0 Å². The predicted octanol–water partition coefficient (Wildman–Crippen LogP) is 3.15. The number of primary amides is 1. The van der Waals surface area contributed by atoms with Crippen LogP contribution in [0.25, 0.3) is 10.9 Å². The topological polar surface area (TPSA) is 65.1 Å². The van der Waals surface area contributed by atoms with E-state index < -0.39 is 17.5 Å². The molecule has 0 bridgehead atoms. The molecule has 0 fully saturated rings. The fourth-order valence-electron chi connectivity index (χ4n) is 2.54. The van der Waals surface area contributed by atoms with Crippen molar-refractivity contribution in [1.29, 1.82) is 0 Å². The van der Waals surface area contributed by atoms with E-state index in [1.54, 1.807) is 34.9 Å². The highest BCUT2D eigenvalue weighted by Crippen LogP contribution is 2.26. The van der Waals surface area contributed by atoms with E-state index in [9.17, 15) is 14.0 Å². The van der Waals surface area contributed by atoms with Gasteiger partial charge < -0.3 is 10.3 Å². The molecule has 1 aromatic heterocycles. The molecule has 0 aliphatic carbocycles. The van der Waals surface area contributed by atoms with Crippen LogP contribution >= 0.6 is 11.6 Å². The highest BCUT2D eigenvalue weighted by atomic mass is 35.5. The zero-order valence-corrected chi connectivity index (χ0v) is 12.7. The molecule has 0 saturated carbocycles. The predicted molar refractivity (Wildman–Crippen MR) is 86.0 cm³/mol. The third kappa shape index (κ3) is 2.71. The van der Waals surface area contributed by atoms with Gasteiger partial charge in [-0.1, -0.05) is 35.9 Å². The summed E-state index contributed by atoms with van der Waals surface area (Å²) < 4.78 is 15.7. The lowest BCUT2D eigenvalue weighted by molar-refractivity contribution is -0.114. The van der Waals surface area contributed by atoms with Crippen molar-refractivity contribution in [2.24, 2.45) is 5.73 Å². The number of nitrogens with two attached hydrogens (primary N) is 1. The first kappa shape index (κ1) is 15.2. The number of hydrogen-bond donors (Lipinski definition) is 1. The molecule has 2 aromatic carbocycles. The number of rotatable bonds is 4. The maximum Gasteiger partial charge on any atom is 0.289 e. The van der Waals surface area contributed by atoms with Gasteiger partial charge in [0.15, 0.2) is 0 Å². The third-order valence-corrected chi connectivity index (χ3v) is 4.00. The Hall–Kier alpha value is -2.66. The number of carbonyl (C=O) groups is 2. The fourth-order valence-corrected chi connectivity index (χ4v) is 2.77. The van der Waals surface area contributed by atoms with Crippen molar-refractivity contribution in [3.8, 4) is 0 Å². The molecule has 0 saturated heterocycles. The molecule has 1 heterocycles. The molecular formula is C17H12ClFN2O2. The van der Waals surface area contributed by atoms with Crippen molar-refractivity contribution >= 4 is 34.2 Å². The van der Waals surface area contributed by atoms with Crippen molar-refractivity contribution in [3.05, 3.63) is 70.6 Å². The summed E-state index contributed by atoms with van der Waals surface area (Å²) in [7, 11) is 0. The van der Waals surface area contributed by atoms with E-state index >= 15 is 0 Å². The Balaban J connectivity index is 2.15. The number of carbonyl (C=O) groups excluding carboxylic acids is 2. The molecule has 4 nitrogen and oxygen atoms in total. The number of hydrogen-bond acceptors (Lipinski definition) is 2. The summed E-state index contributed by atoms with van der Waals surface area (Å²) in [6.45, 7) is 0.137. The van der Waals surface area contributed by atoms with E-state index in [1.165, 1.54) is 18.3 Å². The quantitative estimate of drug-likeness (QED) is 0.590. The fraction of sp³-hybridized carbons (Fsp3) is 0.0588. The van der Waals surface area contributed by atoms with Crippen molar-refractivity contribution in [2.75, 3.05) is 0 Å². The first-order valence-corrected chi connectivity index (χ1v) is 7.21. The molecule has 3 aromatic rings. The van der Waals surface area contributed by atoms with Crippen LogP contribution in [0.15, 0.2) is 48.7 Å². The third-order valence-electron chi connectivity index (χ3n) is 3.65. The van der Waals surface area contributed by atoms with Gasteiger partial charge in [-0.05, 0) is 18.2 Å². The largest absolute Gasteiger partial charge is 0.363 e. The monoisotopic (exact) mass is 330 g/mol. The van der Waals surface area contributed by atoms with E-state index in [0.717, 1.165) is 0 Å². The second-order valence-corrected chi connectivity index (χ2v) is 5.49. The van der Waals surface area contributed by atoms with Crippen LogP contribution in [0, 0.1) is 5.82 Å². The molecule has 0 unspecified atom stereocenters. The summed E-state index contributed by atoms with van der Waals surface area (Å²) in [6.07, 6.45) is 1.50. The van der Waals surface area contributed by atoms with Crippen molar-refractivity contribution < 1.29 is 14.0 Å². The number of fused-ring (bicyclic) bond motifs is 1. The Morgan fingerprint density at radius 2 is 1.87 bits per heavy atom. The van der Waals surface area contributed by atoms with Gasteiger partial charge in [0.1, 0.15) is 5.82 Å². The highest BCUT2D eigenvalue weighted by Gasteiger charge is 2.20. The minimum Gasteiger partial charge on any atom is -0.363 e. The van der Waals surface area contributed by atoms with Crippen LogP contribution in [0.4, 0.5) is 4.39 Å². The van der Waals surface area contributed by atoms with Crippen LogP contribution in [0.5, 0.6) is 0 Å². The molecule has 6 heteroatoms. The van der Waals surface area contributed by atoms with Gasteiger partial charge in [-0.25, -0.2) is 4.39 Å². The summed E-state index contributed by atoms with van der Waals surface area (Å²) in [4.78, 5) is 23.2. The van der Waals surface area contributed by atoms with Gasteiger partial charge in [0, 0.05) is 27.7 Å². The van der Waals surface area contributed by atoms with Crippen molar-refractivity contribution in [2.45, 2.75) is 6.54 Å².